The van der Waals surface area contributed by atoms with Crippen LogP contribution in [0.4, 0.5) is 10.5 Å². The number of methoxy groups -OCH3 is 1. The van der Waals surface area contributed by atoms with Gasteiger partial charge in [0.1, 0.15) is 18.1 Å². The number of amides is 3. The highest BCUT2D eigenvalue weighted by Gasteiger charge is 2.29. The van der Waals surface area contributed by atoms with Crippen molar-refractivity contribution in [2.24, 2.45) is 5.92 Å². The second kappa shape index (κ2) is 8.43. The fourth-order valence-electron chi connectivity index (χ4n) is 3.27. The predicted octanol–water partition coefficient (Wildman–Crippen LogP) is 3.15. The first-order valence-corrected chi connectivity index (χ1v) is 9.84. The van der Waals surface area contributed by atoms with Gasteiger partial charge >= 0.3 is 6.03 Å². The van der Waals surface area contributed by atoms with Crippen LogP contribution in [-0.4, -0.2) is 37.1 Å². The number of anilines is 1. The summed E-state index contributed by atoms with van der Waals surface area (Å²) in [5, 5.41) is 5.91. The molecule has 0 spiro atoms. The second-order valence-corrected chi connectivity index (χ2v) is 7.36. The molecule has 7 heteroatoms. The average molecular weight is 395 g/mol. The SMILES string of the molecule is COc1ccc(CNC(=O)N2CCOc3ccc(NC(=O)C4CC4)cc3C2)cc1. The molecule has 4 rings (SSSR count). The Balaban J connectivity index is 1.38. The van der Waals surface area contributed by atoms with Crippen molar-refractivity contribution in [3.63, 3.8) is 0 Å². The zero-order chi connectivity index (χ0) is 20.2. The monoisotopic (exact) mass is 395 g/mol. The summed E-state index contributed by atoms with van der Waals surface area (Å²) in [4.78, 5) is 26.4. The van der Waals surface area contributed by atoms with E-state index in [2.05, 4.69) is 10.6 Å². The van der Waals surface area contributed by atoms with Gasteiger partial charge in [-0.05, 0) is 48.7 Å². The van der Waals surface area contributed by atoms with Crippen molar-refractivity contribution in [1.29, 1.82) is 0 Å². The fraction of sp³-hybridized carbons (Fsp3) is 0.364. The number of rotatable bonds is 5. The summed E-state index contributed by atoms with van der Waals surface area (Å²) in [6.07, 6.45) is 1.92. The molecule has 0 bridgehead atoms. The zero-order valence-electron chi connectivity index (χ0n) is 16.4. The normalized spacial score (nSPS) is 15.6. The number of carbonyl (C=O) groups is 2. The van der Waals surface area contributed by atoms with Crippen molar-refractivity contribution in [2.45, 2.75) is 25.9 Å². The first-order valence-electron chi connectivity index (χ1n) is 9.84. The maximum absolute atomic E-state index is 12.7. The Morgan fingerprint density at radius 1 is 1.17 bits per heavy atom. The average Bonchev–Trinajstić information content (AvgIpc) is 3.59. The van der Waals surface area contributed by atoms with Gasteiger partial charge in [-0.3, -0.25) is 4.79 Å². The Morgan fingerprint density at radius 3 is 2.69 bits per heavy atom. The summed E-state index contributed by atoms with van der Waals surface area (Å²) >= 11 is 0. The van der Waals surface area contributed by atoms with Gasteiger partial charge in [0, 0.05) is 23.7 Å². The molecule has 3 amide bonds. The van der Waals surface area contributed by atoms with E-state index in [4.69, 9.17) is 9.47 Å². The lowest BCUT2D eigenvalue weighted by molar-refractivity contribution is -0.117. The number of urea groups is 1. The molecule has 1 heterocycles. The van der Waals surface area contributed by atoms with E-state index in [1.54, 1.807) is 12.0 Å². The molecular weight excluding hydrogens is 370 g/mol. The van der Waals surface area contributed by atoms with E-state index in [1.165, 1.54) is 0 Å². The Labute approximate surface area is 170 Å². The van der Waals surface area contributed by atoms with Gasteiger partial charge in [0.25, 0.3) is 0 Å². The van der Waals surface area contributed by atoms with Crippen LogP contribution in [0.15, 0.2) is 42.5 Å². The van der Waals surface area contributed by atoms with E-state index in [9.17, 15) is 9.59 Å². The van der Waals surface area contributed by atoms with E-state index in [1.807, 2.05) is 42.5 Å². The quantitative estimate of drug-likeness (QED) is 0.815. The third-order valence-electron chi connectivity index (χ3n) is 5.15. The molecule has 0 unspecified atom stereocenters. The number of nitrogens with zero attached hydrogens (tertiary/aromatic N) is 1. The number of fused-ring (bicyclic) bond motifs is 1. The molecule has 1 saturated carbocycles. The minimum atomic E-state index is -0.148. The summed E-state index contributed by atoms with van der Waals surface area (Å²) in [5.74, 6) is 1.74. The molecule has 1 aliphatic heterocycles. The van der Waals surface area contributed by atoms with E-state index in [-0.39, 0.29) is 17.9 Å². The molecule has 1 aliphatic carbocycles. The van der Waals surface area contributed by atoms with E-state index in [0.717, 1.165) is 41.2 Å². The van der Waals surface area contributed by atoms with Gasteiger partial charge in [0.2, 0.25) is 5.91 Å². The number of hydrogen-bond acceptors (Lipinski definition) is 4. The molecule has 2 aromatic carbocycles. The third-order valence-corrected chi connectivity index (χ3v) is 5.15. The number of ether oxygens (including phenoxy) is 2. The Morgan fingerprint density at radius 2 is 1.97 bits per heavy atom. The van der Waals surface area contributed by atoms with Gasteiger partial charge in [0.15, 0.2) is 0 Å². The van der Waals surface area contributed by atoms with E-state index < -0.39 is 0 Å². The summed E-state index contributed by atoms with van der Waals surface area (Å²) in [7, 11) is 1.62. The summed E-state index contributed by atoms with van der Waals surface area (Å²) in [6, 6.07) is 13.0. The van der Waals surface area contributed by atoms with Crippen LogP contribution >= 0.6 is 0 Å². The highest BCUT2D eigenvalue weighted by atomic mass is 16.5. The standard InChI is InChI=1S/C22H25N3O4/c1-28-19-7-2-15(3-8-19)13-23-22(27)25-10-11-29-20-9-6-18(12-17(20)14-25)24-21(26)16-4-5-16/h2-3,6-9,12,16H,4-5,10-11,13-14H2,1H3,(H,23,27)(H,24,26). The van der Waals surface area contributed by atoms with Gasteiger partial charge in [-0.15, -0.1) is 0 Å². The van der Waals surface area contributed by atoms with Gasteiger partial charge in [0.05, 0.1) is 20.2 Å². The van der Waals surface area contributed by atoms with Crippen LogP contribution in [0.25, 0.3) is 0 Å². The first kappa shape index (κ1) is 19.1. The lowest BCUT2D eigenvalue weighted by Gasteiger charge is -2.20. The maximum atomic E-state index is 12.7. The number of hydrogen-bond donors (Lipinski definition) is 2. The van der Waals surface area contributed by atoms with E-state index in [0.29, 0.717) is 26.2 Å². The topological polar surface area (TPSA) is 79.9 Å². The van der Waals surface area contributed by atoms with Crippen LogP contribution in [-0.2, 0) is 17.9 Å². The van der Waals surface area contributed by atoms with Crippen LogP contribution < -0.4 is 20.1 Å². The summed E-state index contributed by atoms with van der Waals surface area (Å²) < 4.78 is 10.9. The maximum Gasteiger partial charge on any atom is 0.318 e. The van der Waals surface area contributed by atoms with Crippen molar-refractivity contribution in [3.05, 3.63) is 53.6 Å². The van der Waals surface area contributed by atoms with Crippen molar-refractivity contribution in [3.8, 4) is 11.5 Å². The highest BCUT2D eigenvalue weighted by Crippen LogP contribution is 2.31. The van der Waals surface area contributed by atoms with E-state index >= 15 is 0 Å². The van der Waals surface area contributed by atoms with Crippen LogP contribution in [0, 0.1) is 5.92 Å². The van der Waals surface area contributed by atoms with Crippen molar-refractivity contribution < 1.29 is 19.1 Å². The predicted molar refractivity (Wildman–Crippen MR) is 109 cm³/mol. The number of nitrogens with one attached hydrogen (secondary N) is 2. The van der Waals surface area contributed by atoms with Gasteiger partial charge < -0.3 is 25.0 Å². The largest absolute Gasteiger partial charge is 0.497 e. The minimum Gasteiger partial charge on any atom is -0.497 e. The zero-order valence-corrected chi connectivity index (χ0v) is 16.4. The molecule has 2 aliphatic rings. The molecule has 2 N–H and O–H groups in total. The molecule has 1 fully saturated rings. The Hall–Kier alpha value is -3.22. The summed E-state index contributed by atoms with van der Waals surface area (Å²) in [5.41, 5.74) is 2.62. The molecule has 7 nitrogen and oxygen atoms in total. The Kier molecular flexibility index (Phi) is 5.55. The highest BCUT2D eigenvalue weighted by molar-refractivity contribution is 5.94. The molecule has 0 saturated heterocycles. The van der Waals surface area contributed by atoms with Crippen LogP contribution in [0.3, 0.4) is 0 Å². The molecule has 0 aromatic heterocycles. The molecule has 0 atom stereocenters. The second-order valence-electron chi connectivity index (χ2n) is 7.36. The third kappa shape index (κ3) is 4.80. The van der Waals surface area contributed by atoms with Crippen molar-refractivity contribution >= 4 is 17.6 Å². The molecule has 29 heavy (non-hydrogen) atoms. The van der Waals surface area contributed by atoms with Gasteiger partial charge in [-0.2, -0.15) is 0 Å². The molecule has 152 valence electrons. The lowest BCUT2D eigenvalue weighted by atomic mass is 10.1. The molecule has 0 radical (unpaired) electrons. The van der Waals surface area contributed by atoms with Crippen molar-refractivity contribution in [1.82, 2.24) is 10.2 Å². The molecule has 2 aromatic rings. The first-order chi connectivity index (χ1) is 14.1. The number of carbonyl (C=O) groups excluding carboxylic acids is 2. The lowest BCUT2D eigenvalue weighted by Crippen LogP contribution is -2.40. The van der Waals surface area contributed by atoms with Crippen LogP contribution in [0.2, 0.25) is 0 Å². The van der Waals surface area contributed by atoms with Crippen LogP contribution in [0.1, 0.15) is 24.0 Å². The fourth-order valence-corrected chi connectivity index (χ4v) is 3.27. The molecular formula is C22H25N3O4. The Bertz CT molecular complexity index is 893. The van der Waals surface area contributed by atoms with Gasteiger partial charge in [-0.1, -0.05) is 12.1 Å². The number of benzene rings is 2. The van der Waals surface area contributed by atoms with Crippen molar-refractivity contribution in [2.75, 3.05) is 25.6 Å². The smallest absolute Gasteiger partial charge is 0.318 e. The summed E-state index contributed by atoms with van der Waals surface area (Å²) in [6.45, 7) is 1.78. The van der Waals surface area contributed by atoms with Gasteiger partial charge in [-0.25, -0.2) is 4.79 Å². The minimum absolute atomic E-state index is 0.0635. The van der Waals surface area contributed by atoms with Crippen LogP contribution in [0.5, 0.6) is 11.5 Å².